The standard InChI is InChI=1S/C13H22N2O3S2/c1-3-11(10-19-2)15-20(16,17)9-8-18-13-7-5-4-6-12(13)14/h4-7,11,15H,3,8-10,14H2,1-2H3. The lowest BCUT2D eigenvalue weighted by molar-refractivity contribution is 0.342. The van der Waals surface area contributed by atoms with Crippen molar-refractivity contribution in [2.75, 3.05) is 30.1 Å². The number of nitrogens with two attached hydrogens (primary N) is 1. The lowest BCUT2D eigenvalue weighted by Gasteiger charge is -2.16. The van der Waals surface area contributed by atoms with Crippen molar-refractivity contribution in [3.05, 3.63) is 24.3 Å². The first kappa shape index (κ1) is 17.1. The lowest BCUT2D eigenvalue weighted by atomic mass is 10.3. The predicted octanol–water partition coefficient (Wildman–Crippen LogP) is 1.71. The molecule has 0 saturated carbocycles. The third kappa shape index (κ3) is 6.02. The van der Waals surface area contributed by atoms with E-state index in [2.05, 4.69) is 4.72 Å². The normalized spacial score (nSPS) is 13.1. The van der Waals surface area contributed by atoms with Crippen LogP contribution in [0.2, 0.25) is 0 Å². The summed E-state index contributed by atoms with van der Waals surface area (Å²) in [6.07, 6.45) is 2.73. The third-order valence-corrected chi connectivity index (χ3v) is 4.87. The highest BCUT2D eigenvalue weighted by atomic mass is 32.2. The Morgan fingerprint density at radius 2 is 2.10 bits per heavy atom. The van der Waals surface area contributed by atoms with Gasteiger partial charge in [-0.25, -0.2) is 13.1 Å². The van der Waals surface area contributed by atoms with Crippen molar-refractivity contribution in [1.29, 1.82) is 0 Å². The van der Waals surface area contributed by atoms with Crippen molar-refractivity contribution in [1.82, 2.24) is 4.72 Å². The molecule has 0 aliphatic heterocycles. The minimum absolute atomic E-state index is 0.0307. The molecular weight excluding hydrogens is 296 g/mol. The van der Waals surface area contributed by atoms with Crippen LogP contribution in [0.3, 0.4) is 0 Å². The Labute approximate surface area is 125 Å². The minimum Gasteiger partial charge on any atom is -0.490 e. The molecule has 0 aliphatic rings. The van der Waals surface area contributed by atoms with Gasteiger partial charge in [0.25, 0.3) is 0 Å². The quantitative estimate of drug-likeness (QED) is 0.677. The molecule has 7 heteroatoms. The van der Waals surface area contributed by atoms with Gasteiger partial charge in [0.2, 0.25) is 10.0 Å². The Hall–Kier alpha value is -0.920. The van der Waals surface area contributed by atoms with E-state index >= 15 is 0 Å². The van der Waals surface area contributed by atoms with Gasteiger partial charge in [-0.1, -0.05) is 19.1 Å². The van der Waals surface area contributed by atoms with Gasteiger partial charge in [-0.2, -0.15) is 11.8 Å². The highest BCUT2D eigenvalue weighted by Crippen LogP contribution is 2.19. The summed E-state index contributed by atoms with van der Waals surface area (Å²) in [5.74, 6) is 1.20. The molecule has 0 spiro atoms. The molecule has 0 radical (unpaired) electrons. The number of anilines is 1. The summed E-state index contributed by atoms with van der Waals surface area (Å²) >= 11 is 1.62. The van der Waals surface area contributed by atoms with Gasteiger partial charge in [-0.3, -0.25) is 0 Å². The number of hydrogen-bond donors (Lipinski definition) is 2. The molecule has 0 aromatic heterocycles. The van der Waals surface area contributed by atoms with Gasteiger partial charge in [0, 0.05) is 11.8 Å². The van der Waals surface area contributed by atoms with Crippen molar-refractivity contribution < 1.29 is 13.2 Å². The second kappa shape index (κ2) is 8.39. The second-order valence-electron chi connectivity index (χ2n) is 4.38. The maximum absolute atomic E-state index is 11.9. The summed E-state index contributed by atoms with van der Waals surface area (Å²) < 4.78 is 31.9. The fourth-order valence-corrected chi connectivity index (χ4v) is 3.63. The van der Waals surface area contributed by atoms with Gasteiger partial charge < -0.3 is 10.5 Å². The van der Waals surface area contributed by atoms with Crippen LogP contribution in [-0.4, -0.2) is 38.8 Å². The van der Waals surface area contributed by atoms with Gasteiger partial charge in [-0.15, -0.1) is 0 Å². The van der Waals surface area contributed by atoms with E-state index in [4.69, 9.17) is 10.5 Å². The van der Waals surface area contributed by atoms with Crippen LogP contribution in [0.4, 0.5) is 5.69 Å². The molecule has 0 bridgehead atoms. The van der Waals surface area contributed by atoms with Gasteiger partial charge in [-0.05, 0) is 24.8 Å². The fourth-order valence-electron chi connectivity index (χ4n) is 1.62. The number of hydrogen-bond acceptors (Lipinski definition) is 5. The SMILES string of the molecule is CCC(CSC)NS(=O)(=O)CCOc1ccccc1N. The van der Waals surface area contributed by atoms with Gasteiger partial charge in [0.15, 0.2) is 0 Å². The zero-order valence-corrected chi connectivity index (χ0v) is 13.5. The largest absolute Gasteiger partial charge is 0.490 e. The first-order valence-electron chi connectivity index (χ1n) is 6.44. The maximum atomic E-state index is 11.9. The monoisotopic (exact) mass is 318 g/mol. The third-order valence-electron chi connectivity index (χ3n) is 2.74. The predicted molar refractivity (Wildman–Crippen MR) is 85.7 cm³/mol. The number of nitrogen functional groups attached to an aromatic ring is 1. The van der Waals surface area contributed by atoms with Crippen molar-refractivity contribution in [2.45, 2.75) is 19.4 Å². The molecule has 0 saturated heterocycles. The summed E-state index contributed by atoms with van der Waals surface area (Å²) in [4.78, 5) is 0. The van der Waals surface area contributed by atoms with E-state index in [1.54, 1.807) is 36.0 Å². The van der Waals surface area contributed by atoms with Crippen LogP contribution in [0.15, 0.2) is 24.3 Å². The molecule has 1 aromatic rings. The zero-order chi connectivity index (χ0) is 15.0. The molecule has 1 atom stereocenters. The number of sulfonamides is 1. The Morgan fingerprint density at radius 3 is 2.70 bits per heavy atom. The average Bonchev–Trinajstić information content (AvgIpc) is 2.40. The molecule has 1 rings (SSSR count). The summed E-state index contributed by atoms with van der Waals surface area (Å²) in [6.45, 7) is 2.05. The Balaban J connectivity index is 2.45. The summed E-state index contributed by atoms with van der Waals surface area (Å²) in [5.41, 5.74) is 6.23. The molecule has 0 fully saturated rings. The molecular formula is C13H22N2O3S2. The van der Waals surface area contributed by atoms with Crippen LogP contribution in [0, 0.1) is 0 Å². The second-order valence-corrected chi connectivity index (χ2v) is 7.17. The molecule has 5 nitrogen and oxygen atoms in total. The van der Waals surface area contributed by atoms with Gasteiger partial charge >= 0.3 is 0 Å². The lowest BCUT2D eigenvalue weighted by Crippen LogP contribution is -2.38. The first-order chi connectivity index (χ1) is 9.48. The van der Waals surface area contributed by atoms with Crippen LogP contribution >= 0.6 is 11.8 Å². The van der Waals surface area contributed by atoms with Crippen LogP contribution in [-0.2, 0) is 10.0 Å². The van der Waals surface area contributed by atoms with Crippen molar-refractivity contribution in [3.63, 3.8) is 0 Å². The van der Waals surface area contributed by atoms with Crippen molar-refractivity contribution >= 4 is 27.5 Å². The highest BCUT2D eigenvalue weighted by molar-refractivity contribution is 7.98. The fraction of sp³-hybridized carbons (Fsp3) is 0.538. The number of ether oxygens (including phenoxy) is 1. The van der Waals surface area contributed by atoms with E-state index in [0.29, 0.717) is 11.4 Å². The minimum atomic E-state index is -3.33. The van der Waals surface area contributed by atoms with Gasteiger partial charge in [0.05, 0.1) is 11.4 Å². The van der Waals surface area contributed by atoms with Crippen LogP contribution in [0.5, 0.6) is 5.75 Å². The smallest absolute Gasteiger partial charge is 0.215 e. The van der Waals surface area contributed by atoms with Crippen LogP contribution in [0.1, 0.15) is 13.3 Å². The van der Waals surface area contributed by atoms with Crippen molar-refractivity contribution in [3.8, 4) is 5.75 Å². The molecule has 0 aliphatic carbocycles. The topological polar surface area (TPSA) is 81.4 Å². The van der Waals surface area contributed by atoms with E-state index in [0.717, 1.165) is 12.2 Å². The zero-order valence-electron chi connectivity index (χ0n) is 11.8. The molecule has 1 aromatic carbocycles. The van der Waals surface area contributed by atoms with E-state index in [1.807, 2.05) is 13.2 Å². The Kier molecular flexibility index (Phi) is 7.18. The molecule has 114 valence electrons. The molecule has 1 unspecified atom stereocenters. The number of rotatable bonds is 9. The summed E-state index contributed by atoms with van der Waals surface area (Å²) in [5, 5.41) is 0. The number of benzene rings is 1. The summed E-state index contributed by atoms with van der Waals surface area (Å²) in [7, 11) is -3.33. The number of thioether (sulfide) groups is 1. The molecule has 0 amide bonds. The van der Waals surface area contributed by atoms with Crippen LogP contribution < -0.4 is 15.2 Å². The Morgan fingerprint density at radius 1 is 1.40 bits per heavy atom. The average molecular weight is 318 g/mol. The van der Waals surface area contributed by atoms with E-state index in [1.165, 1.54) is 0 Å². The number of nitrogens with one attached hydrogen (secondary N) is 1. The van der Waals surface area contributed by atoms with E-state index in [-0.39, 0.29) is 18.4 Å². The first-order valence-corrected chi connectivity index (χ1v) is 9.49. The molecule has 3 N–H and O–H groups in total. The maximum Gasteiger partial charge on any atom is 0.215 e. The van der Waals surface area contributed by atoms with Crippen LogP contribution in [0.25, 0.3) is 0 Å². The highest BCUT2D eigenvalue weighted by Gasteiger charge is 2.16. The van der Waals surface area contributed by atoms with E-state index in [9.17, 15) is 8.42 Å². The van der Waals surface area contributed by atoms with Crippen molar-refractivity contribution in [2.24, 2.45) is 0 Å². The Bertz CT molecular complexity index is 506. The van der Waals surface area contributed by atoms with E-state index < -0.39 is 10.0 Å². The van der Waals surface area contributed by atoms with Gasteiger partial charge in [0.1, 0.15) is 12.4 Å². The number of para-hydroxylation sites is 2. The summed E-state index contributed by atoms with van der Waals surface area (Å²) in [6, 6.07) is 7.00. The molecule has 0 heterocycles. The molecule has 20 heavy (non-hydrogen) atoms.